The van der Waals surface area contributed by atoms with Crippen molar-refractivity contribution < 1.29 is 20.1 Å². The summed E-state index contributed by atoms with van der Waals surface area (Å²) in [7, 11) is 0. The third kappa shape index (κ3) is 11.1. The molecule has 0 spiro atoms. The monoisotopic (exact) mass is 207 g/mol. The van der Waals surface area contributed by atoms with Crippen molar-refractivity contribution in [2.24, 2.45) is 0 Å². The SMILES string of the molecule is C1CNCCN1.CC(O)(O)NC(=O)O. The number of carboxylic acid groups (broad SMARTS) is 1. The largest absolute Gasteiger partial charge is 0.465 e. The molecule has 1 aliphatic heterocycles. The van der Waals surface area contributed by atoms with Crippen LogP contribution in [0, 0.1) is 0 Å². The zero-order chi connectivity index (χ0) is 11.0. The highest BCUT2D eigenvalue weighted by molar-refractivity contribution is 5.64. The van der Waals surface area contributed by atoms with Gasteiger partial charge >= 0.3 is 6.09 Å². The van der Waals surface area contributed by atoms with Crippen molar-refractivity contribution in [2.75, 3.05) is 26.2 Å². The second kappa shape index (κ2) is 6.55. The number of amides is 1. The summed E-state index contributed by atoms with van der Waals surface area (Å²) in [5.41, 5.74) is 0. The number of piperazine rings is 1. The smallest absolute Gasteiger partial charge is 0.408 e. The summed E-state index contributed by atoms with van der Waals surface area (Å²) in [6, 6.07) is 0. The second-order valence-corrected chi connectivity index (χ2v) is 2.95. The van der Waals surface area contributed by atoms with Gasteiger partial charge in [0.25, 0.3) is 0 Å². The molecule has 0 radical (unpaired) electrons. The minimum absolute atomic E-state index is 0.904. The molecule has 6 N–H and O–H groups in total. The Balaban J connectivity index is 0.000000249. The first kappa shape index (κ1) is 13.1. The van der Waals surface area contributed by atoms with Crippen LogP contribution in [0.15, 0.2) is 0 Å². The van der Waals surface area contributed by atoms with Gasteiger partial charge in [0.05, 0.1) is 0 Å². The summed E-state index contributed by atoms with van der Waals surface area (Å²) in [4.78, 5) is 9.58. The molecule has 0 aromatic carbocycles. The Hall–Kier alpha value is -0.890. The highest BCUT2D eigenvalue weighted by Gasteiger charge is 2.16. The van der Waals surface area contributed by atoms with E-state index in [0.29, 0.717) is 0 Å². The molecule has 1 fully saturated rings. The molecule has 14 heavy (non-hydrogen) atoms. The van der Waals surface area contributed by atoms with E-state index in [9.17, 15) is 4.79 Å². The van der Waals surface area contributed by atoms with Gasteiger partial charge in [-0.2, -0.15) is 0 Å². The fourth-order valence-corrected chi connectivity index (χ4v) is 0.806. The quantitative estimate of drug-likeness (QED) is 0.280. The number of carbonyl (C=O) groups is 1. The maximum atomic E-state index is 9.58. The van der Waals surface area contributed by atoms with Gasteiger partial charge in [-0.1, -0.05) is 0 Å². The van der Waals surface area contributed by atoms with Gasteiger partial charge in [0.15, 0.2) is 0 Å². The highest BCUT2D eigenvalue weighted by atomic mass is 16.5. The Kier molecular flexibility index (Phi) is 6.13. The molecule has 1 amide bonds. The van der Waals surface area contributed by atoms with Crippen LogP contribution in [0.3, 0.4) is 0 Å². The van der Waals surface area contributed by atoms with Gasteiger partial charge < -0.3 is 26.0 Å². The van der Waals surface area contributed by atoms with Crippen LogP contribution in [0.25, 0.3) is 0 Å². The van der Waals surface area contributed by atoms with E-state index in [1.165, 1.54) is 5.32 Å². The molecule has 0 aliphatic carbocycles. The van der Waals surface area contributed by atoms with Crippen molar-refractivity contribution in [1.82, 2.24) is 16.0 Å². The normalized spacial score (nSPS) is 16.5. The number of hydrogen-bond acceptors (Lipinski definition) is 5. The number of aliphatic hydroxyl groups is 2. The van der Waals surface area contributed by atoms with E-state index in [1.54, 1.807) is 0 Å². The zero-order valence-electron chi connectivity index (χ0n) is 8.08. The summed E-state index contributed by atoms with van der Waals surface area (Å²) in [6.45, 7) is 5.46. The fraction of sp³-hybridized carbons (Fsp3) is 0.857. The minimum atomic E-state index is -2.33. The molecule has 84 valence electrons. The molecule has 7 heteroatoms. The van der Waals surface area contributed by atoms with Gasteiger partial charge in [0.1, 0.15) is 0 Å². The Morgan fingerprint density at radius 2 is 1.57 bits per heavy atom. The van der Waals surface area contributed by atoms with E-state index in [1.807, 2.05) is 0 Å². The average molecular weight is 207 g/mol. The van der Waals surface area contributed by atoms with Crippen molar-refractivity contribution in [3.8, 4) is 0 Å². The summed E-state index contributed by atoms with van der Waals surface area (Å²) in [6.07, 6.45) is -1.47. The van der Waals surface area contributed by atoms with Gasteiger partial charge in [-0.05, 0) is 0 Å². The Morgan fingerprint density at radius 1 is 1.21 bits per heavy atom. The van der Waals surface area contributed by atoms with Crippen molar-refractivity contribution in [2.45, 2.75) is 12.8 Å². The van der Waals surface area contributed by atoms with Gasteiger partial charge in [0.2, 0.25) is 5.91 Å². The molecule has 1 aliphatic rings. The highest BCUT2D eigenvalue weighted by Crippen LogP contribution is 1.86. The first-order chi connectivity index (χ1) is 6.42. The number of rotatable bonds is 1. The Bertz CT molecular complexity index is 153. The van der Waals surface area contributed by atoms with E-state index in [4.69, 9.17) is 15.3 Å². The average Bonchev–Trinajstić information content (AvgIpc) is 2.03. The lowest BCUT2D eigenvalue weighted by Gasteiger charge is -2.13. The molecule has 1 rings (SSSR count). The summed E-state index contributed by atoms with van der Waals surface area (Å²) < 4.78 is 0. The van der Waals surface area contributed by atoms with Crippen molar-refractivity contribution in [3.05, 3.63) is 0 Å². The number of nitrogens with one attached hydrogen (secondary N) is 3. The summed E-state index contributed by atoms with van der Waals surface area (Å²) in [5, 5.41) is 32.2. The van der Waals surface area contributed by atoms with Gasteiger partial charge in [0, 0.05) is 33.1 Å². The Morgan fingerprint density at radius 3 is 1.64 bits per heavy atom. The van der Waals surface area contributed by atoms with Gasteiger partial charge in [-0.15, -0.1) is 0 Å². The van der Waals surface area contributed by atoms with Gasteiger partial charge in [-0.3, -0.25) is 5.32 Å². The van der Waals surface area contributed by atoms with Crippen LogP contribution in [-0.2, 0) is 0 Å². The maximum Gasteiger partial charge on any atom is 0.408 e. The van der Waals surface area contributed by atoms with E-state index < -0.39 is 12.0 Å². The standard InChI is InChI=1S/C4H10N2.C3H7NO4/c1-2-6-4-3-5-1;1-3(7,8)4-2(5)6/h5-6H,1-4H2;4,7-8H,1H3,(H,5,6). The predicted octanol–water partition coefficient (Wildman–Crippen LogP) is -1.91. The van der Waals surface area contributed by atoms with Crippen LogP contribution in [-0.4, -0.2) is 53.5 Å². The van der Waals surface area contributed by atoms with E-state index in [2.05, 4.69) is 10.6 Å². The first-order valence-electron chi connectivity index (χ1n) is 4.29. The van der Waals surface area contributed by atoms with Crippen molar-refractivity contribution in [3.63, 3.8) is 0 Å². The van der Waals surface area contributed by atoms with Crippen LogP contribution in [0.4, 0.5) is 4.79 Å². The first-order valence-corrected chi connectivity index (χ1v) is 4.29. The molecular formula is C7H17N3O4. The maximum absolute atomic E-state index is 9.58. The molecule has 0 unspecified atom stereocenters. The minimum Gasteiger partial charge on any atom is -0.465 e. The Labute approximate surface area is 82.1 Å². The van der Waals surface area contributed by atoms with Crippen LogP contribution in [0.1, 0.15) is 6.92 Å². The molecule has 7 nitrogen and oxygen atoms in total. The molecule has 0 aromatic rings. The molecule has 0 aromatic heterocycles. The van der Waals surface area contributed by atoms with E-state index in [0.717, 1.165) is 33.1 Å². The second-order valence-electron chi connectivity index (χ2n) is 2.95. The number of hydrogen-bond donors (Lipinski definition) is 6. The molecule has 0 atom stereocenters. The topological polar surface area (TPSA) is 114 Å². The van der Waals surface area contributed by atoms with E-state index >= 15 is 0 Å². The van der Waals surface area contributed by atoms with E-state index in [-0.39, 0.29) is 0 Å². The lowest BCUT2D eigenvalue weighted by molar-refractivity contribution is -0.161. The third-order valence-electron chi connectivity index (χ3n) is 1.30. The summed E-state index contributed by atoms with van der Waals surface area (Å²) in [5.74, 6) is -2.33. The molecular weight excluding hydrogens is 190 g/mol. The third-order valence-corrected chi connectivity index (χ3v) is 1.30. The van der Waals surface area contributed by atoms with Crippen LogP contribution < -0.4 is 16.0 Å². The van der Waals surface area contributed by atoms with Crippen LogP contribution in [0.2, 0.25) is 0 Å². The van der Waals surface area contributed by atoms with Crippen molar-refractivity contribution in [1.29, 1.82) is 0 Å². The van der Waals surface area contributed by atoms with Crippen molar-refractivity contribution >= 4 is 6.09 Å². The zero-order valence-corrected chi connectivity index (χ0v) is 8.08. The van der Waals surface area contributed by atoms with Crippen LogP contribution in [0.5, 0.6) is 0 Å². The summed E-state index contributed by atoms with van der Waals surface area (Å²) >= 11 is 0. The molecule has 1 saturated heterocycles. The molecule has 0 bridgehead atoms. The lowest BCUT2D eigenvalue weighted by atomic mass is 10.4. The van der Waals surface area contributed by atoms with Gasteiger partial charge in [-0.25, -0.2) is 4.79 Å². The fourth-order valence-electron chi connectivity index (χ4n) is 0.806. The molecule has 0 saturated carbocycles. The molecule has 1 heterocycles. The predicted molar refractivity (Wildman–Crippen MR) is 49.7 cm³/mol. The lowest BCUT2D eigenvalue weighted by Crippen LogP contribution is -2.44. The van der Waals surface area contributed by atoms with Crippen LogP contribution >= 0.6 is 0 Å².